The van der Waals surface area contributed by atoms with Crippen LogP contribution in [0.1, 0.15) is 0 Å². The minimum absolute atomic E-state index is 0.0945. The summed E-state index contributed by atoms with van der Waals surface area (Å²) in [5.74, 6) is -0.134. The van der Waals surface area contributed by atoms with Crippen molar-refractivity contribution in [2.75, 3.05) is 11.1 Å². The maximum atomic E-state index is 13.3. The molecule has 2 aromatic heterocycles. The first kappa shape index (κ1) is 21.4. The number of para-hydroxylation sites is 1. The summed E-state index contributed by atoms with van der Waals surface area (Å²) in [5, 5.41) is 6.27. The number of halogens is 1. The second kappa shape index (κ2) is 9.51. The number of anilines is 1. The molecule has 0 saturated carbocycles. The average Bonchev–Trinajstić information content (AvgIpc) is 3.21. The van der Waals surface area contributed by atoms with E-state index in [-0.39, 0.29) is 17.2 Å². The van der Waals surface area contributed by atoms with Gasteiger partial charge in [-0.05, 0) is 17.7 Å². The third kappa shape index (κ3) is 4.58. The van der Waals surface area contributed by atoms with Crippen LogP contribution in [0.15, 0.2) is 82.6 Å². The highest BCUT2D eigenvalue weighted by molar-refractivity contribution is 7.99. The van der Waals surface area contributed by atoms with Gasteiger partial charge in [0.25, 0.3) is 5.56 Å². The van der Waals surface area contributed by atoms with Gasteiger partial charge in [0.15, 0.2) is 5.16 Å². The van der Waals surface area contributed by atoms with E-state index in [0.29, 0.717) is 32.6 Å². The van der Waals surface area contributed by atoms with Crippen molar-refractivity contribution in [1.29, 1.82) is 0 Å². The number of fused-ring (bicyclic) bond motifs is 1. The summed E-state index contributed by atoms with van der Waals surface area (Å²) >= 11 is 8.73. The van der Waals surface area contributed by atoms with Crippen LogP contribution in [0.2, 0.25) is 5.02 Å². The molecule has 156 valence electrons. The molecule has 0 spiro atoms. The minimum Gasteiger partial charge on any atom is -0.324 e. The molecule has 8 heteroatoms. The third-order valence-electron chi connectivity index (χ3n) is 4.54. The number of carbonyl (C=O) groups is 1. The molecule has 0 aliphatic heterocycles. The SMILES string of the molecule is C=CCn1c(SCC(=O)Nc2ccccc2Cl)nc2scc(-c3ccccc3)c2c1=O. The summed E-state index contributed by atoms with van der Waals surface area (Å²) in [7, 11) is 0. The summed E-state index contributed by atoms with van der Waals surface area (Å²) in [5.41, 5.74) is 2.24. The molecule has 0 radical (unpaired) electrons. The number of nitrogens with one attached hydrogen (secondary N) is 1. The van der Waals surface area contributed by atoms with Gasteiger partial charge in [-0.25, -0.2) is 4.98 Å². The highest BCUT2D eigenvalue weighted by Crippen LogP contribution is 2.32. The van der Waals surface area contributed by atoms with E-state index in [1.165, 1.54) is 23.1 Å². The Bertz CT molecular complexity index is 1320. The number of thiophene rings is 1. The zero-order valence-corrected chi connectivity index (χ0v) is 18.8. The largest absolute Gasteiger partial charge is 0.324 e. The van der Waals surface area contributed by atoms with Crippen molar-refractivity contribution in [2.24, 2.45) is 0 Å². The van der Waals surface area contributed by atoms with Gasteiger partial charge in [-0.3, -0.25) is 14.2 Å². The summed E-state index contributed by atoms with van der Waals surface area (Å²) in [4.78, 5) is 31.1. The lowest BCUT2D eigenvalue weighted by Crippen LogP contribution is -2.23. The second-order valence-electron chi connectivity index (χ2n) is 6.61. The number of rotatable bonds is 7. The normalized spacial score (nSPS) is 10.9. The Kier molecular flexibility index (Phi) is 6.56. The average molecular weight is 468 g/mol. The zero-order valence-electron chi connectivity index (χ0n) is 16.4. The van der Waals surface area contributed by atoms with Crippen molar-refractivity contribution in [3.05, 3.63) is 88.0 Å². The molecule has 0 atom stereocenters. The summed E-state index contributed by atoms with van der Waals surface area (Å²) in [6.07, 6.45) is 1.65. The first-order valence-corrected chi connectivity index (χ1v) is 11.7. The van der Waals surface area contributed by atoms with Crippen LogP contribution < -0.4 is 10.9 Å². The molecule has 0 aliphatic rings. The van der Waals surface area contributed by atoms with Crippen LogP contribution in [-0.4, -0.2) is 21.2 Å². The Morgan fingerprint density at radius 2 is 1.94 bits per heavy atom. The number of carbonyl (C=O) groups excluding carboxylic acids is 1. The van der Waals surface area contributed by atoms with Gasteiger partial charge in [-0.15, -0.1) is 17.9 Å². The number of benzene rings is 2. The molecule has 4 aromatic rings. The number of aromatic nitrogens is 2. The van der Waals surface area contributed by atoms with Gasteiger partial charge in [-0.1, -0.05) is 71.9 Å². The molecule has 2 aromatic carbocycles. The molecule has 0 aliphatic carbocycles. The van der Waals surface area contributed by atoms with Crippen molar-refractivity contribution >= 4 is 56.5 Å². The molecule has 5 nitrogen and oxygen atoms in total. The van der Waals surface area contributed by atoms with Crippen LogP contribution in [0, 0.1) is 0 Å². The van der Waals surface area contributed by atoms with Crippen molar-refractivity contribution in [1.82, 2.24) is 9.55 Å². The van der Waals surface area contributed by atoms with Gasteiger partial charge >= 0.3 is 0 Å². The van der Waals surface area contributed by atoms with Crippen molar-refractivity contribution in [2.45, 2.75) is 11.7 Å². The fourth-order valence-corrected chi connectivity index (χ4v) is 5.10. The summed E-state index contributed by atoms with van der Waals surface area (Å²) in [6.45, 7) is 4.07. The number of hydrogen-bond acceptors (Lipinski definition) is 5. The topological polar surface area (TPSA) is 64.0 Å². The summed E-state index contributed by atoms with van der Waals surface area (Å²) in [6, 6.07) is 16.8. The Morgan fingerprint density at radius 1 is 1.19 bits per heavy atom. The monoisotopic (exact) mass is 467 g/mol. The second-order valence-corrected chi connectivity index (χ2v) is 8.82. The predicted molar refractivity (Wildman–Crippen MR) is 130 cm³/mol. The zero-order chi connectivity index (χ0) is 21.8. The van der Waals surface area contributed by atoms with Crippen LogP contribution in [0.4, 0.5) is 5.69 Å². The molecule has 31 heavy (non-hydrogen) atoms. The van der Waals surface area contributed by atoms with Crippen molar-refractivity contribution in [3.63, 3.8) is 0 Å². The number of allylic oxidation sites excluding steroid dienone is 1. The molecule has 1 amide bonds. The van der Waals surface area contributed by atoms with E-state index in [1.807, 2.05) is 35.7 Å². The molecule has 0 saturated heterocycles. The molecule has 0 fully saturated rings. The lowest BCUT2D eigenvalue weighted by molar-refractivity contribution is -0.113. The summed E-state index contributed by atoms with van der Waals surface area (Å²) < 4.78 is 1.56. The fourth-order valence-electron chi connectivity index (χ4n) is 3.12. The number of amides is 1. The maximum Gasteiger partial charge on any atom is 0.263 e. The van der Waals surface area contributed by atoms with Gasteiger partial charge < -0.3 is 5.32 Å². The van der Waals surface area contributed by atoms with Gasteiger partial charge in [0.1, 0.15) is 4.83 Å². The third-order valence-corrected chi connectivity index (χ3v) is 6.71. The van der Waals surface area contributed by atoms with Crippen LogP contribution in [0.5, 0.6) is 0 Å². The quantitative estimate of drug-likeness (QED) is 0.215. The highest BCUT2D eigenvalue weighted by Gasteiger charge is 2.18. The number of hydrogen-bond donors (Lipinski definition) is 1. The van der Waals surface area contributed by atoms with E-state index in [1.54, 1.807) is 34.9 Å². The van der Waals surface area contributed by atoms with Gasteiger partial charge in [0.2, 0.25) is 5.91 Å². The van der Waals surface area contributed by atoms with E-state index < -0.39 is 0 Å². The van der Waals surface area contributed by atoms with Crippen LogP contribution in [0.25, 0.3) is 21.3 Å². The van der Waals surface area contributed by atoms with E-state index >= 15 is 0 Å². The van der Waals surface area contributed by atoms with Crippen LogP contribution in [-0.2, 0) is 11.3 Å². The fraction of sp³-hybridized carbons (Fsp3) is 0.0870. The molecule has 0 bridgehead atoms. The van der Waals surface area contributed by atoms with E-state index in [2.05, 4.69) is 16.9 Å². The standard InChI is InChI=1S/C23H18ClN3O2S2/c1-2-12-27-22(29)20-16(15-8-4-3-5-9-15)13-30-21(20)26-23(27)31-14-19(28)25-18-11-7-6-10-17(18)24/h2-11,13H,1,12,14H2,(H,25,28). The highest BCUT2D eigenvalue weighted by atomic mass is 35.5. The molecule has 4 rings (SSSR count). The minimum atomic E-state index is -0.228. The molecular weight excluding hydrogens is 450 g/mol. The Balaban J connectivity index is 1.64. The van der Waals surface area contributed by atoms with Gasteiger partial charge in [-0.2, -0.15) is 0 Å². The van der Waals surface area contributed by atoms with E-state index in [4.69, 9.17) is 11.6 Å². The number of thioether (sulfide) groups is 1. The Hall–Kier alpha value is -2.87. The van der Waals surface area contributed by atoms with Crippen molar-refractivity contribution < 1.29 is 4.79 Å². The molecular formula is C23H18ClN3O2S2. The Morgan fingerprint density at radius 3 is 2.68 bits per heavy atom. The van der Waals surface area contributed by atoms with Crippen molar-refractivity contribution in [3.8, 4) is 11.1 Å². The first-order valence-electron chi connectivity index (χ1n) is 9.44. The van der Waals surface area contributed by atoms with E-state index in [0.717, 1.165) is 11.1 Å². The smallest absolute Gasteiger partial charge is 0.263 e. The van der Waals surface area contributed by atoms with Crippen LogP contribution >= 0.6 is 34.7 Å². The lowest BCUT2D eigenvalue weighted by atomic mass is 10.1. The van der Waals surface area contributed by atoms with Gasteiger partial charge in [0, 0.05) is 17.5 Å². The predicted octanol–water partition coefficient (Wildman–Crippen LogP) is 5.70. The van der Waals surface area contributed by atoms with Gasteiger partial charge in [0.05, 0.1) is 21.8 Å². The number of nitrogens with zero attached hydrogens (tertiary/aromatic N) is 2. The maximum absolute atomic E-state index is 13.3. The van der Waals surface area contributed by atoms with E-state index in [9.17, 15) is 9.59 Å². The first-order chi connectivity index (χ1) is 15.1. The molecule has 2 heterocycles. The molecule has 1 N–H and O–H groups in total. The molecule has 0 unspecified atom stereocenters. The van der Waals surface area contributed by atoms with Crippen LogP contribution in [0.3, 0.4) is 0 Å². The Labute approximate surface area is 192 Å². The lowest BCUT2D eigenvalue weighted by Gasteiger charge is -2.11.